The Morgan fingerprint density at radius 2 is 1.77 bits per heavy atom. The van der Waals surface area contributed by atoms with Crippen molar-refractivity contribution in [1.82, 2.24) is 15.0 Å². The van der Waals surface area contributed by atoms with E-state index in [0.29, 0.717) is 11.8 Å². The van der Waals surface area contributed by atoms with Crippen LogP contribution in [0.2, 0.25) is 5.28 Å². The van der Waals surface area contributed by atoms with Crippen LogP contribution in [-0.2, 0) is 53.6 Å². The van der Waals surface area contributed by atoms with Crippen LogP contribution in [0.4, 0.5) is 23.0 Å². The average Bonchev–Trinajstić information content (AvgIpc) is 3.04. The number of nitrogens with zero attached hydrogens (tertiary/aromatic N) is 5. The largest absolute Gasteiger partial charge is 0.505 e. The third-order valence-corrected chi connectivity index (χ3v) is 9.94. The number of phenols is 1. The molecule has 4 aromatic rings. The molecule has 0 saturated heterocycles. The third kappa shape index (κ3) is 10.8. The van der Waals surface area contributed by atoms with Crippen molar-refractivity contribution in [2.75, 3.05) is 23.9 Å². The molecule has 1 unspecified atom stereocenters. The van der Waals surface area contributed by atoms with Gasteiger partial charge in [0, 0.05) is 27.5 Å². The summed E-state index contributed by atoms with van der Waals surface area (Å²) in [5.74, 6) is -4.31. The van der Waals surface area contributed by atoms with E-state index >= 15 is 0 Å². The van der Waals surface area contributed by atoms with Crippen LogP contribution in [0, 0.1) is 0 Å². The lowest BCUT2D eigenvalue weighted by Gasteiger charge is -2.15. The van der Waals surface area contributed by atoms with Crippen LogP contribution < -0.4 is 10.1 Å². The zero-order chi connectivity index (χ0) is 37.5. The Morgan fingerprint density at radius 1 is 1.04 bits per heavy atom. The molecule has 4 rings (SSSR count). The SMILES string of the molecule is COc1cc(C(=O)CS(=O)(=S)OOO)ccc1N=Nc1c(SOOO)cc2c(S(=O)(=O)O)c(Nc3nc(Cl)nc(SCC(=O)O)n3)ccc2c1O.O. The Hall–Kier alpha value is -3.94. The van der Waals surface area contributed by atoms with Gasteiger partial charge in [-0.1, -0.05) is 21.8 Å². The lowest BCUT2D eigenvalue weighted by atomic mass is 10.1. The maximum atomic E-state index is 12.7. The molecule has 22 nitrogen and oxygen atoms in total. The van der Waals surface area contributed by atoms with Crippen molar-refractivity contribution >= 4 is 111 Å². The molecule has 0 fully saturated rings. The number of carboxylic acid groups (broad SMARTS) is 1. The molecule has 3 aromatic carbocycles. The number of carbonyl (C=O) groups excluding carboxylic acids is 1. The predicted octanol–water partition coefficient (Wildman–Crippen LogP) is 3.84. The Kier molecular flexibility index (Phi) is 14.9. The van der Waals surface area contributed by atoms with Gasteiger partial charge >= 0.3 is 5.97 Å². The number of halogens is 1. The number of aromatic hydroxyl groups is 1. The van der Waals surface area contributed by atoms with Crippen LogP contribution in [0.1, 0.15) is 10.4 Å². The summed E-state index contributed by atoms with van der Waals surface area (Å²) in [6.45, 7) is 0. The third-order valence-electron chi connectivity index (χ3n) is 5.96. The van der Waals surface area contributed by atoms with Crippen molar-refractivity contribution in [3.63, 3.8) is 0 Å². The van der Waals surface area contributed by atoms with E-state index in [1.165, 1.54) is 31.4 Å². The van der Waals surface area contributed by atoms with Crippen LogP contribution in [0.5, 0.6) is 11.5 Å². The molecule has 0 saturated carbocycles. The minimum absolute atomic E-state index is 0. The number of phenolic OH excluding ortho intramolecular Hbond substituents is 1. The monoisotopic (exact) mass is 844 g/mol. The minimum atomic E-state index is -5.12. The molecule has 1 heterocycles. The van der Waals surface area contributed by atoms with Crippen LogP contribution in [0.3, 0.4) is 0 Å². The summed E-state index contributed by atoms with van der Waals surface area (Å²) in [6, 6.07) is 7.13. The molecule has 1 aromatic heterocycles. The van der Waals surface area contributed by atoms with Crippen molar-refractivity contribution < 1.29 is 76.5 Å². The second kappa shape index (κ2) is 18.2. The summed E-state index contributed by atoms with van der Waals surface area (Å²) in [5.41, 5.74) is -0.773. The number of aromatic nitrogens is 3. The number of fused-ring (bicyclic) bond motifs is 1. The van der Waals surface area contributed by atoms with Gasteiger partial charge in [0.1, 0.15) is 27.8 Å². The summed E-state index contributed by atoms with van der Waals surface area (Å²) in [5, 5.41) is 53.9. The Labute approximate surface area is 309 Å². The van der Waals surface area contributed by atoms with E-state index in [-0.39, 0.29) is 78.0 Å². The maximum absolute atomic E-state index is 12.7. The highest BCUT2D eigenvalue weighted by atomic mass is 35.5. The van der Waals surface area contributed by atoms with Gasteiger partial charge in [-0.2, -0.15) is 23.4 Å². The lowest BCUT2D eigenvalue weighted by molar-refractivity contribution is -0.435. The van der Waals surface area contributed by atoms with Crippen molar-refractivity contribution in [1.29, 1.82) is 0 Å². The molecule has 52 heavy (non-hydrogen) atoms. The lowest BCUT2D eigenvalue weighted by Crippen LogP contribution is -2.17. The Balaban J connectivity index is 0.00000729. The number of nitrogens with one attached hydrogen (secondary N) is 1. The Morgan fingerprint density at radius 3 is 2.40 bits per heavy atom. The zero-order valence-electron chi connectivity index (χ0n) is 25.4. The zero-order valence-corrected chi connectivity index (χ0v) is 30.2. The molecule has 28 heteroatoms. The fraction of sp³-hybridized carbons (Fsp3) is 0.125. The molecule has 0 aliphatic heterocycles. The number of anilines is 2. The number of ether oxygens (including phenoxy) is 1. The molecule has 0 bridgehead atoms. The van der Waals surface area contributed by atoms with Gasteiger partial charge in [-0.15, -0.1) is 18.9 Å². The van der Waals surface area contributed by atoms with Crippen molar-refractivity contribution in [2.45, 2.75) is 14.9 Å². The van der Waals surface area contributed by atoms with E-state index in [1.807, 2.05) is 0 Å². The number of methoxy groups -OCH3 is 1. The van der Waals surface area contributed by atoms with Crippen molar-refractivity contribution in [2.24, 2.45) is 10.2 Å². The highest BCUT2D eigenvalue weighted by molar-refractivity contribution is 8.30. The number of aliphatic carboxylic acids is 1. The molecule has 280 valence electrons. The van der Waals surface area contributed by atoms with Gasteiger partial charge in [-0.05, 0) is 48.0 Å². The average molecular weight is 845 g/mol. The van der Waals surface area contributed by atoms with E-state index in [2.05, 4.69) is 60.4 Å². The predicted molar refractivity (Wildman–Crippen MR) is 183 cm³/mol. The van der Waals surface area contributed by atoms with E-state index in [4.69, 9.17) is 32.0 Å². The number of Topliss-reactive ketones (excluding diaryl/α,β-unsaturated/α-hetero) is 1. The van der Waals surface area contributed by atoms with Gasteiger partial charge in [0.05, 0.1) is 35.5 Å². The summed E-state index contributed by atoms with van der Waals surface area (Å²) >= 11 is 11.4. The first-order chi connectivity index (χ1) is 24.1. The van der Waals surface area contributed by atoms with Gasteiger partial charge in [0.25, 0.3) is 10.1 Å². The number of carbonyl (C=O) groups is 2. The fourth-order valence-electron chi connectivity index (χ4n) is 4.03. The van der Waals surface area contributed by atoms with Gasteiger partial charge in [0.15, 0.2) is 25.5 Å². The summed E-state index contributed by atoms with van der Waals surface area (Å²) in [7, 11) is -7.65. The number of hydrogen-bond donors (Lipinski definition) is 6. The summed E-state index contributed by atoms with van der Waals surface area (Å²) in [6.07, 6.45) is 0. The van der Waals surface area contributed by atoms with E-state index in [0.717, 1.165) is 12.1 Å². The van der Waals surface area contributed by atoms with Gasteiger partial charge in [-0.3, -0.25) is 14.1 Å². The summed E-state index contributed by atoms with van der Waals surface area (Å²) < 4.78 is 61.5. The van der Waals surface area contributed by atoms with E-state index in [9.17, 15) is 31.9 Å². The number of azo groups is 1. The smallest absolute Gasteiger partial charge is 0.313 e. The van der Waals surface area contributed by atoms with Crippen LogP contribution in [0.25, 0.3) is 10.8 Å². The van der Waals surface area contributed by atoms with Crippen LogP contribution in [0.15, 0.2) is 61.6 Å². The standard InChI is InChI=1S/C24H19ClN6O15S5.H2O/c1-42-16-6-10(15(32)9-50(38,47)46-44-37)2-4-13(16)30-31-19-17(49-45-43-36)7-12-11(20(19)35)3-5-14(21(12)51(39,40)41)26-23-27-22(25)28-24(29-23)48-8-18(33)34;/h2-7,35-37H,8-9H2,1H3,(H,33,34)(H,39,40,41)(H,26,27,28,29);1H2. The fourth-order valence-corrected chi connectivity index (χ4v) is 7.15. The first-order valence-electron chi connectivity index (χ1n) is 12.9. The molecular weight excluding hydrogens is 824 g/mol. The number of thioether (sulfide) groups is 1. The maximum Gasteiger partial charge on any atom is 0.313 e. The topological polar surface area (TPSA) is 340 Å². The highest BCUT2D eigenvalue weighted by Crippen LogP contribution is 2.47. The first kappa shape index (κ1) is 42.5. The molecule has 0 aliphatic carbocycles. The van der Waals surface area contributed by atoms with E-state index < -0.39 is 52.8 Å². The number of carboxylic acids is 1. The molecule has 8 N–H and O–H groups in total. The van der Waals surface area contributed by atoms with Crippen molar-refractivity contribution in [3.8, 4) is 11.5 Å². The second-order valence-corrected chi connectivity index (χ2v) is 15.6. The van der Waals surface area contributed by atoms with E-state index in [1.54, 1.807) is 0 Å². The first-order valence-corrected chi connectivity index (χ1v) is 19.0. The van der Waals surface area contributed by atoms with Gasteiger partial charge < -0.3 is 25.7 Å². The molecule has 0 radical (unpaired) electrons. The number of rotatable bonds is 17. The molecular formula is C24H21ClN6O16S5. The number of benzene rings is 3. The molecule has 0 spiro atoms. The molecule has 0 aliphatic rings. The number of hydrogen-bond acceptors (Lipinski definition) is 22. The Bertz CT molecular complexity index is 2250. The van der Waals surface area contributed by atoms with Crippen LogP contribution >= 0.6 is 35.4 Å². The minimum Gasteiger partial charge on any atom is -0.505 e. The number of ketones is 1. The summed E-state index contributed by atoms with van der Waals surface area (Å²) in [4.78, 5) is 34.1. The molecule has 1 atom stereocenters. The molecule has 0 amide bonds. The highest BCUT2D eigenvalue weighted by Gasteiger charge is 2.26. The second-order valence-electron chi connectivity index (χ2n) is 9.18. The quantitative estimate of drug-likeness (QED) is 0.0167. The van der Waals surface area contributed by atoms with Gasteiger partial charge in [-0.25, -0.2) is 14.7 Å². The van der Waals surface area contributed by atoms with Gasteiger partial charge in [0.2, 0.25) is 11.2 Å². The van der Waals surface area contributed by atoms with Crippen molar-refractivity contribution in [3.05, 3.63) is 47.2 Å². The van der Waals surface area contributed by atoms with Crippen LogP contribution in [-0.4, -0.2) is 88.7 Å². The normalized spacial score (nSPS) is 12.7.